The van der Waals surface area contributed by atoms with Gasteiger partial charge in [-0.15, -0.1) is 12.4 Å². The molecular weight excluding hydrogens is 470 g/mol. The van der Waals surface area contributed by atoms with Crippen LogP contribution in [0.25, 0.3) is 21.0 Å². The molecule has 0 unspecified atom stereocenters. The van der Waals surface area contributed by atoms with E-state index >= 15 is 0 Å². The maximum Gasteiger partial charge on any atom is 0.260 e. The molecule has 0 saturated carbocycles. The fourth-order valence-corrected chi connectivity index (χ4v) is 5.15. The molecule has 34 heavy (non-hydrogen) atoms. The lowest BCUT2D eigenvalue weighted by atomic mass is 10.1. The van der Waals surface area contributed by atoms with Gasteiger partial charge in [-0.05, 0) is 41.5 Å². The number of ether oxygens (including phenoxy) is 2. The van der Waals surface area contributed by atoms with Crippen molar-refractivity contribution in [3.63, 3.8) is 0 Å². The molecule has 3 aromatic carbocycles. The molecular formula is C26H28ClN3O3S. The summed E-state index contributed by atoms with van der Waals surface area (Å²) in [4.78, 5) is 22.7. The molecule has 1 fully saturated rings. The van der Waals surface area contributed by atoms with E-state index < -0.39 is 0 Å². The number of methoxy groups -OCH3 is 1. The predicted octanol–water partition coefficient (Wildman–Crippen LogP) is 5.25. The first kappa shape index (κ1) is 24.4. The van der Waals surface area contributed by atoms with Gasteiger partial charge in [0.25, 0.3) is 5.91 Å². The van der Waals surface area contributed by atoms with Crippen LogP contribution in [-0.4, -0.2) is 62.3 Å². The van der Waals surface area contributed by atoms with E-state index in [4.69, 9.17) is 14.5 Å². The standard InChI is InChI=1S/C26H27N3O3S.ClH/c1-31-22-9-10-24-23(18-22)27-26(33-24)29(12-4-11-28-13-15-32-16-14-28)25(30)21-8-7-19-5-2-3-6-20(19)17-21;/h2-3,5-10,17-18H,4,11-16H2,1H3;1H. The Bertz CT molecular complexity index is 1270. The Kier molecular flexibility index (Phi) is 8.00. The molecule has 0 atom stereocenters. The molecule has 0 N–H and O–H groups in total. The SMILES string of the molecule is COc1ccc2sc(N(CCCN3CCOCC3)C(=O)c3ccc4ccccc4c3)nc2c1.Cl. The molecule has 1 aromatic heterocycles. The number of morpholine rings is 1. The Morgan fingerprint density at radius 3 is 2.68 bits per heavy atom. The highest BCUT2D eigenvalue weighted by atomic mass is 35.5. The van der Waals surface area contributed by atoms with Gasteiger partial charge in [-0.3, -0.25) is 14.6 Å². The van der Waals surface area contributed by atoms with E-state index in [1.54, 1.807) is 18.4 Å². The number of halogens is 1. The predicted molar refractivity (Wildman–Crippen MR) is 141 cm³/mol. The monoisotopic (exact) mass is 497 g/mol. The second-order valence-corrected chi connectivity index (χ2v) is 9.17. The van der Waals surface area contributed by atoms with E-state index in [-0.39, 0.29) is 18.3 Å². The molecule has 4 aromatic rings. The number of carbonyl (C=O) groups is 1. The van der Waals surface area contributed by atoms with Gasteiger partial charge in [-0.1, -0.05) is 41.7 Å². The minimum absolute atomic E-state index is 0. The number of hydrogen-bond donors (Lipinski definition) is 0. The number of carbonyl (C=O) groups excluding carboxylic acids is 1. The molecule has 1 aliphatic rings. The number of amides is 1. The minimum atomic E-state index is -0.0197. The van der Waals surface area contributed by atoms with Crippen LogP contribution in [0.15, 0.2) is 60.7 Å². The number of thiazole rings is 1. The molecule has 1 aliphatic heterocycles. The summed E-state index contributed by atoms with van der Waals surface area (Å²) in [6.45, 7) is 4.99. The lowest BCUT2D eigenvalue weighted by Crippen LogP contribution is -2.39. The Morgan fingerprint density at radius 1 is 1.09 bits per heavy atom. The summed E-state index contributed by atoms with van der Waals surface area (Å²) >= 11 is 1.54. The first-order valence-corrected chi connectivity index (χ1v) is 12.1. The van der Waals surface area contributed by atoms with Crippen molar-refractivity contribution in [3.05, 3.63) is 66.2 Å². The zero-order chi connectivity index (χ0) is 22.6. The van der Waals surface area contributed by atoms with E-state index in [0.717, 1.165) is 71.1 Å². The number of aromatic nitrogens is 1. The molecule has 1 saturated heterocycles. The van der Waals surface area contributed by atoms with Crippen molar-refractivity contribution in [2.24, 2.45) is 0 Å². The summed E-state index contributed by atoms with van der Waals surface area (Å²) in [5.41, 5.74) is 1.52. The molecule has 1 amide bonds. The van der Waals surface area contributed by atoms with Gasteiger partial charge in [0.05, 0.1) is 30.5 Å². The van der Waals surface area contributed by atoms with E-state index in [2.05, 4.69) is 11.0 Å². The Balaban J connectivity index is 0.00000274. The van der Waals surface area contributed by atoms with Crippen molar-refractivity contribution < 1.29 is 14.3 Å². The van der Waals surface area contributed by atoms with Crippen LogP contribution >= 0.6 is 23.7 Å². The number of fused-ring (bicyclic) bond motifs is 2. The van der Waals surface area contributed by atoms with Crippen molar-refractivity contribution in [2.75, 3.05) is 51.4 Å². The average Bonchev–Trinajstić information content (AvgIpc) is 3.29. The fourth-order valence-electron chi connectivity index (χ4n) is 4.18. The smallest absolute Gasteiger partial charge is 0.260 e. The van der Waals surface area contributed by atoms with Crippen LogP contribution < -0.4 is 9.64 Å². The molecule has 178 valence electrons. The van der Waals surface area contributed by atoms with Gasteiger partial charge in [0, 0.05) is 37.8 Å². The number of hydrogen-bond acceptors (Lipinski definition) is 6. The summed E-state index contributed by atoms with van der Waals surface area (Å²) in [5, 5.41) is 2.91. The van der Waals surface area contributed by atoms with E-state index in [0.29, 0.717) is 12.1 Å². The highest BCUT2D eigenvalue weighted by Gasteiger charge is 2.22. The minimum Gasteiger partial charge on any atom is -0.497 e. The quantitative estimate of drug-likeness (QED) is 0.349. The Hall–Kier alpha value is -2.71. The van der Waals surface area contributed by atoms with Crippen LogP contribution in [-0.2, 0) is 4.74 Å². The Morgan fingerprint density at radius 2 is 1.88 bits per heavy atom. The van der Waals surface area contributed by atoms with Crippen molar-refractivity contribution in [1.82, 2.24) is 9.88 Å². The molecule has 0 aliphatic carbocycles. The van der Waals surface area contributed by atoms with Gasteiger partial charge >= 0.3 is 0 Å². The molecule has 0 radical (unpaired) electrons. The lowest BCUT2D eigenvalue weighted by molar-refractivity contribution is 0.0376. The van der Waals surface area contributed by atoms with E-state index in [9.17, 15) is 4.79 Å². The van der Waals surface area contributed by atoms with Crippen molar-refractivity contribution in [3.8, 4) is 5.75 Å². The van der Waals surface area contributed by atoms with E-state index in [1.165, 1.54) is 0 Å². The summed E-state index contributed by atoms with van der Waals surface area (Å²) in [7, 11) is 1.65. The summed E-state index contributed by atoms with van der Waals surface area (Å²) < 4.78 is 11.8. The van der Waals surface area contributed by atoms with Crippen LogP contribution in [0.5, 0.6) is 5.75 Å². The highest BCUT2D eigenvalue weighted by molar-refractivity contribution is 7.22. The van der Waals surface area contributed by atoms with Crippen LogP contribution in [0.4, 0.5) is 5.13 Å². The summed E-state index contributed by atoms with van der Waals surface area (Å²) in [5.74, 6) is 0.743. The first-order valence-electron chi connectivity index (χ1n) is 11.3. The zero-order valence-electron chi connectivity index (χ0n) is 19.1. The largest absolute Gasteiger partial charge is 0.497 e. The maximum atomic E-state index is 13.7. The van der Waals surface area contributed by atoms with Crippen molar-refractivity contribution >= 4 is 55.8 Å². The van der Waals surface area contributed by atoms with Gasteiger partial charge in [-0.2, -0.15) is 0 Å². The molecule has 0 spiro atoms. The van der Waals surface area contributed by atoms with Crippen LogP contribution in [0.2, 0.25) is 0 Å². The van der Waals surface area contributed by atoms with E-state index in [1.807, 2.05) is 59.5 Å². The second-order valence-electron chi connectivity index (χ2n) is 8.16. The molecule has 0 bridgehead atoms. The van der Waals surface area contributed by atoms with Crippen LogP contribution in [0.3, 0.4) is 0 Å². The van der Waals surface area contributed by atoms with Crippen LogP contribution in [0.1, 0.15) is 16.8 Å². The second kappa shape index (κ2) is 11.1. The van der Waals surface area contributed by atoms with Gasteiger partial charge in [0.2, 0.25) is 0 Å². The van der Waals surface area contributed by atoms with Gasteiger partial charge in [0.15, 0.2) is 5.13 Å². The van der Waals surface area contributed by atoms with Crippen molar-refractivity contribution in [2.45, 2.75) is 6.42 Å². The normalized spacial score (nSPS) is 14.1. The van der Waals surface area contributed by atoms with Crippen LogP contribution in [0, 0.1) is 0 Å². The lowest BCUT2D eigenvalue weighted by Gasteiger charge is -2.27. The van der Waals surface area contributed by atoms with Crippen molar-refractivity contribution in [1.29, 1.82) is 0 Å². The third kappa shape index (κ3) is 5.33. The summed E-state index contributed by atoms with van der Waals surface area (Å²) in [6.07, 6.45) is 0.874. The number of rotatable bonds is 7. The fraction of sp³-hybridized carbons (Fsp3) is 0.308. The third-order valence-corrected chi connectivity index (χ3v) is 7.08. The first-order chi connectivity index (χ1) is 16.2. The highest BCUT2D eigenvalue weighted by Crippen LogP contribution is 2.32. The topological polar surface area (TPSA) is 54.9 Å². The molecule has 6 nitrogen and oxygen atoms in total. The summed E-state index contributed by atoms with van der Waals surface area (Å²) in [6, 6.07) is 19.9. The number of anilines is 1. The van der Waals surface area contributed by atoms with Gasteiger partial charge < -0.3 is 9.47 Å². The zero-order valence-corrected chi connectivity index (χ0v) is 20.7. The van der Waals surface area contributed by atoms with Gasteiger partial charge in [-0.25, -0.2) is 4.98 Å². The third-order valence-electron chi connectivity index (χ3n) is 6.02. The molecule has 5 rings (SSSR count). The molecule has 2 heterocycles. The number of benzene rings is 3. The number of nitrogens with zero attached hydrogens (tertiary/aromatic N) is 3. The molecule has 8 heteroatoms. The van der Waals surface area contributed by atoms with Gasteiger partial charge in [0.1, 0.15) is 5.75 Å². The Labute approximate surface area is 209 Å². The average molecular weight is 498 g/mol. The maximum absolute atomic E-state index is 13.7.